The second-order valence-corrected chi connectivity index (χ2v) is 4.31. The maximum atomic E-state index is 12.1. The first-order valence-corrected chi connectivity index (χ1v) is 6.26. The van der Waals surface area contributed by atoms with Crippen LogP contribution in [0.25, 0.3) is 0 Å². The van der Waals surface area contributed by atoms with Gasteiger partial charge >= 0.3 is 0 Å². The Morgan fingerprint density at radius 3 is 2.58 bits per heavy atom. The number of methoxy groups -OCH3 is 1. The molecule has 0 radical (unpaired) electrons. The fourth-order valence-electron chi connectivity index (χ4n) is 1.68. The van der Waals surface area contributed by atoms with Crippen molar-refractivity contribution in [3.8, 4) is 0 Å². The third-order valence-corrected chi connectivity index (χ3v) is 3.16. The molecule has 19 heavy (non-hydrogen) atoms. The summed E-state index contributed by atoms with van der Waals surface area (Å²) >= 11 is 6.08. The highest BCUT2D eigenvalue weighted by atomic mass is 35.5. The van der Waals surface area contributed by atoms with E-state index in [9.17, 15) is 4.79 Å². The molecular weight excluding hydrogens is 287 g/mol. The highest BCUT2D eigenvalue weighted by Gasteiger charge is 2.22. The molecule has 0 heterocycles. The second-order valence-electron chi connectivity index (χ2n) is 3.90. The molecule has 0 aliphatic carbocycles. The zero-order valence-corrected chi connectivity index (χ0v) is 12.7. The quantitative estimate of drug-likeness (QED) is 0.875. The van der Waals surface area contributed by atoms with Gasteiger partial charge in [0.25, 0.3) is 5.91 Å². The molecule has 0 aromatic heterocycles. The van der Waals surface area contributed by atoms with Crippen LogP contribution in [-0.2, 0) is 16.1 Å². The molecule has 1 unspecified atom stereocenters. The van der Waals surface area contributed by atoms with Gasteiger partial charge in [-0.25, -0.2) is 0 Å². The van der Waals surface area contributed by atoms with Crippen molar-refractivity contribution in [1.29, 1.82) is 0 Å². The lowest BCUT2D eigenvalue weighted by atomic mass is 10.2. The normalized spacial score (nSPS) is 11.6. The molecule has 0 saturated carbocycles. The fraction of sp³-hybridized carbons (Fsp3) is 0.462. The number of halogens is 2. The van der Waals surface area contributed by atoms with Gasteiger partial charge in [0.2, 0.25) is 0 Å². The molecule has 1 atom stereocenters. The van der Waals surface area contributed by atoms with Crippen molar-refractivity contribution in [2.45, 2.75) is 19.6 Å². The lowest BCUT2D eigenvalue weighted by Gasteiger charge is -2.25. The van der Waals surface area contributed by atoms with Gasteiger partial charge in [0.1, 0.15) is 6.10 Å². The van der Waals surface area contributed by atoms with E-state index < -0.39 is 6.10 Å². The van der Waals surface area contributed by atoms with Crippen LogP contribution in [0.2, 0.25) is 5.02 Å². The monoisotopic (exact) mass is 306 g/mol. The number of benzene rings is 1. The highest BCUT2D eigenvalue weighted by molar-refractivity contribution is 6.31. The van der Waals surface area contributed by atoms with Gasteiger partial charge in [0, 0.05) is 31.8 Å². The van der Waals surface area contributed by atoms with Gasteiger partial charge in [-0.2, -0.15) is 0 Å². The predicted molar refractivity (Wildman–Crippen MR) is 79.6 cm³/mol. The second kappa shape index (κ2) is 9.15. The Hall–Kier alpha value is -0.810. The van der Waals surface area contributed by atoms with Gasteiger partial charge in [-0.1, -0.05) is 29.8 Å². The molecule has 0 spiro atoms. The third-order valence-electron chi connectivity index (χ3n) is 2.79. The minimum absolute atomic E-state index is 0. The van der Waals surface area contributed by atoms with E-state index in [1.54, 1.807) is 4.90 Å². The van der Waals surface area contributed by atoms with Crippen molar-refractivity contribution in [3.05, 3.63) is 34.9 Å². The van der Waals surface area contributed by atoms with E-state index in [0.29, 0.717) is 18.1 Å². The van der Waals surface area contributed by atoms with Gasteiger partial charge in [-0.3, -0.25) is 4.79 Å². The lowest BCUT2D eigenvalue weighted by Crippen LogP contribution is -2.43. The van der Waals surface area contributed by atoms with Crippen LogP contribution in [0.1, 0.15) is 12.5 Å². The summed E-state index contributed by atoms with van der Waals surface area (Å²) in [6, 6.07) is 7.48. The molecule has 0 saturated heterocycles. The van der Waals surface area contributed by atoms with E-state index >= 15 is 0 Å². The van der Waals surface area contributed by atoms with Crippen LogP contribution in [0.3, 0.4) is 0 Å². The van der Waals surface area contributed by atoms with E-state index in [1.807, 2.05) is 31.2 Å². The Labute approximate surface area is 125 Å². The zero-order chi connectivity index (χ0) is 13.5. The van der Waals surface area contributed by atoms with Crippen LogP contribution in [0, 0.1) is 0 Å². The van der Waals surface area contributed by atoms with Crippen molar-refractivity contribution in [1.82, 2.24) is 4.90 Å². The van der Waals surface area contributed by atoms with Crippen molar-refractivity contribution in [2.75, 3.05) is 20.2 Å². The number of hydrogen-bond donors (Lipinski definition) is 1. The maximum absolute atomic E-state index is 12.1. The first kappa shape index (κ1) is 18.2. The summed E-state index contributed by atoms with van der Waals surface area (Å²) in [6.45, 7) is 3.14. The summed E-state index contributed by atoms with van der Waals surface area (Å²) in [5.41, 5.74) is 6.42. The van der Waals surface area contributed by atoms with Crippen LogP contribution >= 0.6 is 24.0 Å². The summed E-state index contributed by atoms with van der Waals surface area (Å²) in [7, 11) is 1.48. The summed E-state index contributed by atoms with van der Waals surface area (Å²) in [5.74, 6) is -0.109. The topological polar surface area (TPSA) is 55.6 Å². The standard InChI is InChI=1S/C13H19ClN2O2.ClH/c1-3-16(13(17)12(8-15)18-2)9-10-6-4-5-7-11(10)14;/h4-7,12H,3,8-9,15H2,1-2H3;1H. The zero-order valence-electron chi connectivity index (χ0n) is 11.1. The molecule has 4 nitrogen and oxygen atoms in total. The van der Waals surface area contributed by atoms with E-state index in [1.165, 1.54) is 7.11 Å². The first-order chi connectivity index (χ1) is 8.63. The molecule has 2 N–H and O–H groups in total. The molecule has 0 aliphatic heterocycles. The number of carbonyl (C=O) groups excluding carboxylic acids is 1. The van der Waals surface area contributed by atoms with Crippen molar-refractivity contribution in [2.24, 2.45) is 5.73 Å². The van der Waals surface area contributed by atoms with E-state index in [0.717, 1.165) is 5.56 Å². The SMILES string of the molecule is CCN(Cc1ccccc1Cl)C(=O)C(CN)OC.Cl. The number of amides is 1. The number of rotatable bonds is 6. The Morgan fingerprint density at radius 2 is 2.11 bits per heavy atom. The van der Waals surface area contributed by atoms with E-state index in [4.69, 9.17) is 22.1 Å². The predicted octanol–water partition coefficient (Wildman–Crippen LogP) is 2.08. The summed E-state index contributed by atoms with van der Waals surface area (Å²) in [4.78, 5) is 13.8. The summed E-state index contributed by atoms with van der Waals surface area (Å²) < 4.78 is 5.06. The number of nitrogens with two attached hydrogens (primary N) is 1. The van der Waals surface area contributed by atoms with Gasteiger partial charge < -0.3 is 15.4 Å². The maximum Gasteiger partial charge on any atom is 0.253 e. The fourth-order valence-corrected chi connectivity index (χ4v) is 1.87. The molecule has 1 amide bonds. The Balaban J connectivity index is 0.00000324. The molecule has 0 bridgehead atoms. The number of nitrogens with zero attached hydrogens (tertiary/aromatic N) is 1. The Morgan fingerprint density at radius 1 is 1.47 bits per heavy atom. The Bertz CT molecular complexity index is 398. The summed E-state index contributed by atoms with van der Waals surface area (Å²) in [6.07, 6.45) is -0.590. The number of ether oxygens (including phenoxy) is 1. The lowest BCUT2D eigenvalue weighted by molar-refractivity contribution is -0.141. The molecule has 1 rings (SSSR count). The van der Waals surface area contributed by atoms with Crippen LogP contribution < -0.4 is 5.73 Å². The van der Waals surface area contributed by atoms with Gasteiger partial charge in [-0.05, 0) is 18.6 Å². The number of hydrogen-bond acceptors (Lipinski definition) is 3. The van der Waals surface area contributed by atoms with Crippen molar-refractivity contribution in [3.63, 3.8) is 0 Å². The molecule has 1 aromatic rings. The molecule has 1 aromatic carbocycles. The smallest absolute Gasteiger partial charge is 0.253 e. The van der Waals surface area contributed by atoms with Crippen LogP contribution in [0.5, 0.6) is 0 Å². The summed E-state index contributed by atoms with van der Waals surface area (Å²) in [5, 5.41) is 0.658. The van der Waals surface area contributed by atoms with Gasteiger partial charge in [0.15, 0.2) is 0 Å². The molecule has 0 aliphatic rings. The van der Waals surface area contributed by atoms with E-state index in [2.05, 4.69) is 0 Å². The minimum Gasteiger partial charge on any atom is -0.370 e. The van der Waals surface area contributed by atoms with Crippen LogP contribution in [0.15, 0.2) is 24.3 Å². The van der Waals surface area contributed by atoms with Gasteiger partial charge in [-0.15, -0.1) is 12.4 Å². The number of carbonyl (C=O) groups is 1. The van der Waals surface area contributed by atoms with Crippen molar-refractivity contribution >= 4 is 29.9 Å². The van der Waals surface area contributed by atoms with Gasteiger partial charge in [0.05, 0.1) is 0 Å². The number of likely N-dealkylation sites (N-methyl/N-ethyl adjacent to an activating group) is 1. The highest BCUT2D eigenvalue weighted by Crippen LogP contribution is 2.17. The molecule has 6 heteroatoms. The molecule has 108 valence electrons. The molecular formula is C13H20Cl2N2O2. The van der Waals surface area contributed by atoms with E-state index in [-0.39, 0.29) is 24.9 Å². The average molecular weight is 307 g/mol. The van der Waals surface area contributed by atoms with Crippen LogP contribution in [-0.4, -0.2) is 37.1 Å². The van der Waals surface area contributed by atoms with Crippen molar-refractivity contribution < 1.29 is 9.53 Å². The first-order valence-electron chi connectivity index (χ1n) is 5.89. The Kier molecular flexibility index (Phi) is 8.76. The third kappa shape index (κ3) is 4.99. The van der Waals surface area contributed by atoms with Crippen LogP contribution in [0.4, 0.5) is 0 Å². The molecule has 0 fully saturated rings. The largest absolute Gasteiger partial charge is 0.370 e. The average Bonchev–Trinajstić information content (AvgIpc) is 2.39. The minimum atomic E-state index is -0.590.